The molecule has 0 fully saturated rings. The van der Waals surface area contributed by atoms with Crippen LogP contribution in [0.2, 0.25) is 0 Å². The number of aromatic nitrogens is 1. The molecule has 0 unspecified atom stereocenters. The fourth-order valence-electron chi connectivity index (χ4n) is 2.71. The van der Waals surface area contributed by atoms with Gasteiger partial charge in [0.25, 0.3) is 11.5 Å². The molecule has 0 saturated heterocycles. The van der Waals surface area contributed by atoms with Crippen molar-refractivity contribution < 1.29 is 9.21 Å². The minimum Gasteiger partial charge on any atom is -0.437 e. The number of hydrogen-bond donors (Lipinski definition) is 1. The van der Waals surface area contributed by atoms with Crippen LogP contribution in [0.15, 0.2) is 69.9 Å². The highest BCUT2D eigenvalue weighted by atomic mass is 16.3. The molecule has 6 nitrogen and oxygen atoms in total. The Kier molecular flexibility index (Phi) is 3.33. The Morgan fingerprint density at radius 1 is 1.08 bits per heavy atom. The molecule has 0 saturated carbocycles. The molecule has 0 aliphatic heterocycles. The summed E-state index contributed by atoms with van der Waals surface area (Å²) < 4.78 is 6.93. The van der Waals surface area contributed by atoms with Crippen LogP contribution < -0.4 is 10.9 Å². The van der Waals surface area contributed by atoms with E-state index in [1.54, 1.807) is 54.6 Å². The van der Waals surface area contributed by atoms with Crippen LogP contribution in [0.1, 0.15) is 15.9 Å². The van der Waals surface area contributed by atoms with Gasteiger partial charge in [0.1, 0.15) is 17.3 Å². The number of nitrogens with zero attached hydrogens (tertiary/aromatic N) is 2. The van der Waals surface area contributed by atoms with Crippen LogP contribution in [0, 0.1) is 11.3 Å². The number of anilines is 1. The molecule has 0 aliphatic carbocycles. The number of hydrogen-bond acceptors (Lipinski definition) is 4. The molecule has 0 aliphatic rings. The number of nitriles is 1. The molecule has 4 aromatic rings. The van der Waals surface area contributed by atoms with E-state index in [-0.39, 0.29) is 17.0 Å². The van der Waals surface area contributed by atoms with Gasteiger partial charge in [-0.25, -0.2) is 4.40 Å². The van der Waals surface area contributed by atoms with Gasteiger partial charge in [-0.1, -0.05) is 30.3 Å². The normalized spacial score (nSPS) is 10.7. The molecular weight excluding hydrogens is 318 g/mol. The van der Waals surface area contributed by atoms with Gasteiger partial charge in [0, 0.05) is 5.56 Å². The maximum absolute atomic E-state index is 12.8. The van der Waals surface area contributed by atoms with Crippen LogP contribution in [0.5, 0.6) is 0 Å². The summed E-state index contributed by atoms with van der Waals surface area (Å²) in [5.41, 5.74) is 1.34. The third-order valence-corrected chi connectivity index (χ3v) is 3.87. The summed E-state index contributed by atoms with van der Waals surface area (Å²) in [6.45, 7) is 0. The number of carbonyl (C=O) groups excluding carboxylic acids is 1. The van der Waals surface area contributed by atoms with Gasteiger partial charge in [-0.15, -0.1) is 0 Å². The highest BCUT2D eigenvalue weighted by Crippen LogP contribution is 2.22. The van der Waals surface area contributed by atoms with Crippen molar-refractivity contribution in [3.05, 3.63) is 82.1 Å². The van der Waals surface area contributed by atoms with Crippen molar-refractivity contribution in [2.45, 2.75) is 0 Å². The molecule has 2 aromatic heterocycles. The first-order chi connectivity index (χ1) is 12.2. The summed E-state index contributed by atoms with van der Waals surface area (Å²) in [5, 5.41) is 12.0. The molecule has 4 rings (SSSR count). The molecule has 0 radical (unpaired) electrons. The lowest BCUT2D eigenvalue weighted by molar-refractivity contribution is 0.102. The van der Waals surface area contributed by atoms with Gasteiger partial charge >= 0.3 is 0 Å². The third kappa shape index (κ3) is 2.35. The second-order valence-corrected chi connectivity index (χ2v) is 5.42. The Morgan fingerprint density at radius 3 is 2.56 bits per heavy atom. The maximum atomic E-state index is 12.8. The molecule has 0 atom stereocenters. The Balaban J connectivity index is 1.92. The molecule has 6 heteroatoms. The lowest BCUT2D eigenvalue weighted by Gasteiger charge is -2.06. The van der Waals surface area contributed by atoms with Gasteiger partial charge in [0.2, 0.25) is 5.71 Å². The van der Waals surface area contributed by atoms with Gasteiger partial charge < -0.3 is 9.73 Å². The van der Waals surface area contributed by atoms with Crippen LogP contribution in [0.3, 0.4) is 0 Å². The van der Waals surface area contributed by atoms with Crippen LogP contribution in [-0.2, 0) is 0 Å². The maximum Gasteiger partial charge on any atom is 0.281 e. The molecule has 1 amide bonds. The first-order valence-electron chi connectivity index (χ1n) is 7.53. The van der Waals surface area contributed by atoms with Crippen molar-refractivity contribution in [3.8, 4) is 6.07 Å². The van der Waals surface area contributed by atoms with Crippen molar-refractivity contribution in [1.82, 2.24) is 4.40 Å². The molecule has 1 N–H and O–H groups in total. The standard InChI is InChI=1S/C19H11N3O3/c20-11-13-10-14(21-17(23)12-6-2-1-3-7-12)18(24)22-15-8-4-5-9-16(15)25-19(13)22/h1-10H,(H,21,23). The summed E-state index contributed by atoms with van der Waals surface area (Å²) in [4.78, 5) is 25.2. The highest BCUT2D eigenvalue weighted by Gasteiger charge is 2.17. The zero-order valence-corrected chi connectivity index (χ0v) is 12.9. The zero-order valence-electron chi connectivity index (χ0n) is 12.9. The number of rotatable bonds is 2. The van der Waals surface area contributed by atoms with E-state index in [0.717, 1.165) is 0 Å². The number of benzene rings is 2. The van der Waals surface area contributed by atoms with E-state index in [1.165, 1.54) is 10.5 Å². The number of amides is 1. The van der Waals surface area contributed by atoms with Crippen molar-refractivity contribution in [2.24, 2.45) is 0 Å². The summed E-state index contributed by atoms with van der Waals surface area (Å²) >= 11 is 0. The average Bonchev–Trinajstić information content (AvgIpc) is 3.04. The number of pyridine rings is 1. The predicted octanol–water partition coefficient (Wildman–Crippen LogP) is 3.17. The second-order valence-electron chi connectivity index (χ2n) is 5.42. The lowest BCUT2D eigenvalue weighted by Crippen LogP contribution is -2.22. The van der Waals surface area contributed by atoms with Crippen LogP contribution in [0.4, 0.5) is 5.69 Å². The molecule has 25 heavy (non-hydrogen) atoms. The third-order valence-electron chi connectivity index (χ3n) is 3.87. The Bertz CT molecular complexity index is 1210. The first kappa shape index (κ1) is 14.7. The van der Waals surface area contributed by atoms with E-state index in [0.29, 0.717) is 16.7 Å². The average molecular weight is 329 g/mol. The van der Waals surface area contributed by atoms with Crippen LogP contribution >= 0.6 is 0 Å². The van der Waals surface area contributed by atoms with Crippen LogP contribution in [-0.4, -0.2) is 10.3 Å². The topological polar surface area (TPSA) is 87.5 Å². The van der Waals surface area contributed by atoms with E-state index >= 15 is 0 Å². The van der Waals surface area contributed by atoms with Crippen molar-refractivity contribution >= 4 is 28.4 Å². The van der Waals surface area contributed by atoms with E-state index in [2.05, 4.69) is 5.32 Å². The summed E-state index contributed by atoms with van der Waals surface area (Å²) in [6.07, 6.45) is 0. The fraction of sp³-hybridized carbons (Fsp3) is 0. The zero-order chi connectivity index (χ0) is 17.4. The lowest BCUT2D eigenvalue weighted by atomic mass is 10.2. The van der Waals surface area contributed by atoms with E-state index in [1.807, 2.05) is 6.07 Å². The van der Waals surface area contributed by atoms with E-state index in [4.69, 9.17) is 4.42 Å². The van der Waals surface area contributed by atoms with Crippen molar-refractivity contribution in [2.75, 3.05) is 5.32 Å². The number of carbonyl (C=O) groups is 1. The monoisotopic (exact) mass is 329 g/mol. The Morgan fingerprint density at radius 2 is 1.80 bits per heavy atom. The molecule has 120 valence electrons. The predicted molar refractivity (Wildman–Crippen MR) is 92.5 cm³/mol. The van der Waals surface area contributed by atoms with Gasteiger partial charge in [-0.2, -0.15) is 5.26 Å². The SMILES string of the molecule is N#Cc1cc(NC(=O)c2ccccc2)c(=O)n2c1oc1ccccc12. The molecule has 2 heterocycles. The Hall–Kier alpha value is -3.85. The largest absolute Gasteiger partial charge is 0.437 e. The number of nitrogens with one attached hydrogen (secondary N) is 1. The number of oxazole rings is 1. The molecule has 2 aromatic carbocycles. The number of fused-ring (bicyclic) bond motifs is 3. The summed E-state index contributed by atoms with van der Waals surface area (Å²) in [5.74, 6) is -0.422. The van der Waals surface area contributed by atoms with Crippen LogP contribution in [0.25, 0.3) is 16.8 Å². The smallest absolute Gasteiger partial charge is 0.281 e. The summed E-state index contributed by atoms with van der Waals surface area (Å²) in [7, 11) is 0. The van der Waals surface area contributed by atoms with Crippen molar-refractivity contribution in [3.63, 3.8) is 0 Å². The Labute approximate surface area is 141 Å². The van der Waals surface area contributed by atoms with Gasteiger partial charge in [0.05, 0.1) is 5.52 Å². The van der Waals surface area contributed by atoms with Gasteiger partial charge in [-0.05, 0) is 30.3 Å². The quantitative estimate of drug-likeness (QED) is 0.612. The molecular formula is C19H11N3O3. The van der Waals surface area contributed by atoms with Gasteiger partial charge in [-0.3, -0.25) is 9.59 Å². The summed E-state index contributed by atoms with van der Waals surface area (Å²) in [6, 6.07) is 18.9. The van der Waals surface area contributed by atoms with Crippen molar-refractivity contribution in [1.29, 1.82) is 5.26 Å². The fourth-order valence-corrected chi connectivity index (χ4v) is 2.71. The number of para-hydroxylation sites is 2. The second kappa shape index (κ2) is 5.65. The minimum atomic E-state index is -0.455. The molecule has 0 spiro atoms. The molecule has 0 bridgehead atoms. The van der Waals surface area contributed by atoms with Gasteiger partial charge in [0.15, 0.2) is 5.58 Å². The van der Waals surface area contributed by atoms with E-state index in [9.17, 15) is 14.9 Å². The van der Waals surface area contributed by atoms with E-state index < -0.39 is 11.5 Å². The highest BCUT2D eigenvalue weighted by molar-refractivity contribution is 6.04. The first-order valence-corrected chi connectivity index (χ1v) is 7.53. The minimum absolute atomic E-state index is 0.0226.